The van der Waals surface area contributed by atoms with Gasteiger partial charge in [-0.05, 0) is 47.5 Å². The van der Waals surface area contributed by atoms with Gasteiger partial charge in [-0.15, -0.1) is 0 Å². The standard InChI is InChI=1S/C25H24N4O4S/c1-33-24-9-3-2-8-23(24)28-34(31,32)22-7-4-6-21(16-22)25(30)26-17-19-10-12-20(13-11-19)18-29-15-5-14-27-29/h2-16,28H,17-18H2,1H3,(H,26,30). The van der Waals surface area contributed by atoms with E-state index in [-0.39, 0.29) is 16.4 Å². The Bertz CT molecular complexity index is 1370. The molecule has 0 atom stereocenters. The summed E-state index contributed by atoms with van der Waals surface area (Å²) < 4.78 is 35.3. The van der Waals surface area contributed by atoms with Gasteiger partial charge in [-0.25, -0.2) is 8.42 Å². The largest absolute Gasteiger partial charge is 0.495 e. The van der Waals surface area contributed by atoms with Crippen LogP contribution in [0.25, 0.3) is 0 Å². The smallest absolute Gasteiger partial charge is 0.262 e. The number of para-hydroxylation sites is 2. The molecular weight excluding hydrogens is 452 g/mol. The van der Waals surface area contributed by atoms with Crippen molar-refractivity contribution in [2.24, 2.45) is 0 Å². The molecule has 9 heteroatoms. The van der Waals surface area contributed by atoms with Crippen LogP contribution in [0, 0.1) is 0 Å². The second-order valence-electron chi connectivity index (χ2n) is 7.54. The van der Waals surface area contributed by atoms with E-state index < -0.39 is 10.0 Å². The molecule has 0 bridgehead atoms. The summed E-state index contributed by atoms with van der Waals surface area (Å²) >= 11 is 0. The molecule has 0 aliphatic carbocycles. The molecule has 4 rings (SSSR count). The SMILES string of the molecule is COc1ccccc1NS(=O)(=O)c1cccc(C(=O)NCc2ccc(Cn3cccn3)cc2)c1. The molecule has 0 radical (unpaired) electrons. The van der Waals surface area contributed by atoms with E-state index in [1.807, 2.05) is 41.2 Å². The average Bonchev–Trinajstić information content (AvgIpc) is 3.37. The molecule has 0 aliphatic rings. The summed E-state index contributed by atoms with van der Waals surface area (Å²) in [5.41, 5.74) is 2.59. The summed E-state index contributed by atoms with van der Waals surface area (Å²) in [5, 5.41) is 7.02. The number of hydrogen-bond acceptors (Lipinski definition) is 5. The van der Waals surface area contributed by atoms with Crippen molar-refractivity contribution in [3.63, 3.8) is 0 Å². The summed E-state index contributed by atoms with van der Waals surface area (Å²) in [7, 11) is -2.45. The van der Waals surface area contributed by atoms with Gasteiger partial charge in [0.1, 0.15) is 5.75 Å². The maximum atomic E-state index is 12.9. The molecule has 0 saturated heterocycles. The Hall–Kier alpha value is -4.11. The highest BCUT2D eigenvalue weighted by molar-refractivity contribution is 7.92. The molecule has 34 heavy (non-hydrogen) atoms. The van der Waals surface area contributed by atoms with E-state index in [1.54, 1.807) is 36.5 Å². The van der Waals surface area contributed by atoms with Crippen molar-refractivity contribution in [3.05, 3.63) is 108 Å². The fourth-order valence-corrected chi connectivity index (χ4v) is 4.48. The van der Waals surface area contributed by atoms with Gasteiger partial charge in [0.25, 0.3) is 15.9 Å². The lowest BCUT2D eigenvalue weighted by Gasteiger charge is -2.12. The van der Waals surface area contributed by atoms with Crippen molar-refractivity contribution >= 4 is 21.6 Å². The minimum Gasteiger partial charge on any atom is -0.495 e. The van der Waals surface area contributed by atoms with Crippen LogP contribution in [0.4, 0.5) is 5.69 Å². The minimum atomic E-state index is -3.91. The van der Waals surface area contributed by atoms with Crippen LogP contribution in [0.2, 0.25) is 0 Å². The first-order chi connectivity index (χ1) is 16.4. The van der Waals surface area contributed by atoms with Crippen molar-refractivity contribution in [1.82, 2.24) is 15.1 Å². The number of anilines is 1. The first kappa shape index (κ1) is 23.1. The quantitative estimate of drug-likeness (QED) is 0.384. The van der Waals surface area contributed by atoms with Gasteiger partial charge in [0, 0.05) is 24.5 Å². The Morgan fingerprint density at radius 3 is 2.47 bits per heavy atom. The van der Waals surface area contributed by atoms with Gasteiger partial charge in [0.05, 0.1) is 24.2 Å². The number of rotatable bonds is 9. The van der Waals surface area contributed by atoms with Crippen molar-refractivity contribution in [2.75, 3.05) is 11.8 Å². The highest BCUT2D eigenvalue weighted by atomic mass is 32.2. The van der Waals surface area contributed by atoms with Gasteiger partial charge in [-0.2, -0.15) is 5.10 Å². The molecule has 174 valence electrons. The zero-order valence-corrected chi connectivity index (χ0v) is 19.3. The summed E-state index contributed by atoms with van der Waals surface area (Å²) in [4.78, 5) is 12.7. The molecule has 8 nitrogen and oxygen atoms in total. The molecule has 1 aromatic heterocycles. The number of aromatic nitrogens is 2. The van der Waals surface area contributed by atoms with E-state index >= 15 is 0 Å². The summed E-state index contributed by atoms with van der Waals surface area (Å²) in [5.74, 6) is 0.0329. The van der Waals surface area contributed by atoms with Crippen molar-refractivity contribution < 1.29 is 17.9 Å². The second-order valence-corrected chi connectivity index (χ2v) is 9.22. The Morgan fingerprint density at radius 1 is 0.971 bits per heavy atom. The normalized spacial score (nSPS) is 11.1. The van der Waals surface area contributed by atoms with Gasteiger partial charge in [-0.1, -0.05) is 42.5 Å². The number of nitrogens with one attached hydrogen (secondary N) is 2. The number of amides is 1. The number of ether oxygens (including phenoxy) is 1. The number of methoxy groups -OCH3 is 1. The van der Waals surface area contributed by atoms with Gasteiger partial charge < -0.3 is 10.1 Å². The first-order valence-electron chi connectivity index (χ1n) is 10.5. The van der Waals surface area contributed by atoms with Crippen LogP contribution in [0.3, 0.4) is 0 Å². The number of sulfonamides is 1. The molecule has 2 N–H and O–H groups in total. The zero-order chi connectivity index (χ0) is 24.0. The summed E-state index contributed by atoms with van der Waals surface area (Å²) in [6.07, 6.45) is 3.63. The lowest BCUT2D eigenvalue weighted by Crippen LogP contribution is -2.23. The third kappa shape index (κ3) is 5.62. The summed E-state index contributed by atoms with van der Waals surface area (Å²) in [6.45, 7) is 0.987. The fraction of sp³-hybridized carbons (Fsp3) is 0.120. The third-order valence-electron chi connectivity index (χ3n) is 5.14. The van der Waals surface area contributed by atoms with Gasteiger partial charge in [0.15, 0.2) is 0 Å². The number of hydrogen-bond donors (Lipinski definition) is 2. The van der Waals surface area contributed by atoms with Crippen LogP contribution >= 0.6 is 0 Å². The number of carbonyl (C=O) groups excluding carboxylic acids is 1. The predicted molar refractivity (Wildman–Crippen MR) is 129 cm³/mol. The molecule has 0 unspecified atom stereocenters. The molecule has 1 heterocycles. The number of nitrogens with zero attached hydrogens (tertiary/aromatic N) is 2. The Morgan fingerprint density at radius 2 is 1.74 bits per heavy atom. The maximum absolute atomic E-state index is 12.9. The van der Waals surface area contributed by atoms with E-state index in [0.717, 1.165) is 11.1 Å². The van der Waals surface area contributed by atoms with Crippen LogP contribution in [0.5, 0.6) is 5.75 Å². The van der Waals surface area contributed by atoms with Crippen LogP contribution in [0.15, 0.2) is 96.2 Å². The van der Waals surface area contributed by atoms with Crippen molar-refractivity contribution in [3.8, 4) is 5.75 Å². The number of carbonyl (C=O) groups is 1. The van der Waals surface area contributed by atoms with Crippen LogP contribution in [0.1, 0.15) is 21.5 Å². The summed E-state index contributed by atoms with van der Waals surface area (Å²) in [6, 6.07) is 22.3. The van der Waals surface area contributed by atoms with Crippen molar-refractivity contribution in [2.45, 2.75) is 18.0 Å². The molecular formula is C25H24N4O4S. The molecule has 3 aromatic carbocycles. The third-order valence-corrected chi connectivity index (χ3v) is 6.50. The minimum absolute atomic E-state index is 0.0194. The Labute approximate surface area is 198 Å². The lowest BCUT2D eigenvalue weighted by atomic mass is 10.1. The van der Waals surface area contributed by atoms with Gasteiger partial charge in [-0.3, -0.25) is 14.2 Å². The zero-order valence-electron chi connectivity index (χ0n) is 18.5. The molecule has 0 saturated carbocycles. The lowest BCUT2D eigenvalue weighted by molar-refractivity contribution is 0.0950. The van der Waals surface area contributed by atoms with Crippen LogP contribution in [-0.4, -0.2) is 31.2 Å². The molecule has 1 amide bonds. The highest BCUT2D eigenvalue weighted by Crippen LogP contribution is 2.26. The van der Waals surface area contributed by atoms with Gasteiger partial charge >= 0.3 is 0 Å². The topological polar surface area (TPSA) is 102 Å². The molecule has 4 aromatic rings. The van der Waals surface area contributed by atoms with E-state index in [2.05, 4.69) is 15.1 Å². The van der Waals surface area contributed by atoms with Gasteiger partial charge in [0.2, 0.25) is 0 Å². The van der Waals surface area contributed by atoms with E-state index in [1.165, 1.54) is 25.3 Å². The monoisotopic (exact) mass is 476 g/mol. The Kier molecular flexibility index (Phi) is 6.93. The van der Waals surface area contributed by atoms with E-state index in [4.69, 9.17) is 4.74 Å². The highest BCUT2D eigenvalue weighted by Gasteiger charge is 2.18. The van der Waals surface area contributed by atoms with E-state index in [0.29, 0.717) is 24.5 Å². The van der Waals surface area contributed by atoms with Crippen LogP contribution < -0.4 is 14.8 Å². The fourth-order valence-electron chi connectivity index (χ4n) is 3.37. The van der Waals surface area contributed by atoms with Crippen molar-refractivity contribution in [1.29, 1.82) is 0 Å². The van der Waals surface area contributed by atoms with E-state index in [9.17, 15) is 13.2 Å². The predicted octanol–water partition coefficient (Wildman–Crippen LogP) is 3.67. The number of benzene rings is 3. The molecule has 0 aliphatic heterocycles. The average molecular weight is 477 g/mol. The molecule has 0 fully saturated rings. The van der Waals surface area contributed by atoms with Crippen LogP contribution in [-0.2, 0) is 23.1 Å². The first-order valence-corrected chi connectivity index (χ1v) is 12.0. The molecule has 0 spiro atoms. The Balaban J connectivity index is 1.40. The maximum Gasteiger partial charge on any atom is 0.262 e. The second kappa shape index (κ2) is 10.2.